The summed E-state index contributed by atoms with van der Waals surface area (Å²) in [5, 5.41) is 3.55. The Kier molecular flexibility index (Phi) is 5.89. The third kappa shape index (κ3) is 4.16. The summed E-state index contributed by atoms with van der Waals surface area (Å²) in [6, 6.07) is 8.30. The van der Waals surface area contributed by atoms with Gasteiger partial charge in [-0.15, -0.1) is 11.6 Å². The van der Waals surface area contributed by atoms with Crippen LogP contribution < -0.4 is 5.32 Å². The summed E-state index contributed by atoms with van der Waals surface area (Å²) in [4.78, 5) is 16.4. The van der Waals surface area contributed by atoms with Crippen molar-refractivity contribution in [2.24, 2.45) is 0 Å². The van der Waals surface area contributed by atoms with Crippen LogP contribution in [0.1, 0.15) is 18.4 Å². The van der Waals surface area contributed by atoms with E-state index in [2.05, 4.69) is 22.1 Å². The first-order valence-electron chi connectivity index (χ1n) is 8.29. The molecule has 2 saturated heterocycles. The molecular weight excluding hydrogens is 345 g/mol. The van der Waals surface area contributed by atoms with E-state index >= 15 is 0 Å². The second-order valence-corrected chi connectivity index (χ2v) is 6.95. The highest BCUT2D eigenvalue weighted by Crippen LogP contribution is 2.27. The lowest BCUT2D eigenvalue weighted by Crippen LogP contribution is -2.56. The van der Waals surface area contributed by atoms with Crippen LogP contribution in [-0.2, 0) is 0 Å². The minimum absolute atomic E-state index is 0.0104. The van der Waals surface area contributed by atoms with Crippen molar-refractivity contribution < 1.29 is 4.79 Å². The van der Waals surface area contributed by atoms with Gasteiger partial charge in [-0.25, -0.2) is 4.79 Å². The molecule has 0 spiro atoms. The number of nitrogens with one attached hydrogen (secondary N) is 1. The molecule has 0 radical (unpaired) electrons. The summed E-state index contributed by atoms with van der Waals surface area (Å²) in [6.45, 7) is 2.89. The summed E-state index contributed by atoms with van der Waals surface area (Å²) in [7, 11) is 0. The molecule has 0 saturated carbocycles. The number of hydrogen-bond donors (Lipinski definition) is 1. The fourth-order valence-electron chi connectivity index (χ4n) is 3.39. The molecule has 1 unspecified atom stereocenters. The number of hydrogen-bond acceptors (Lipinski definition) is 2. The topological polar surface area (TPSA) is 35.6 Å². The summed E-state index contributed by atoms with van der Waals surface area (Å²) >= 11 is 11.6. The van der Waals surface area contributed by atoms with Gasteiger partial charge in [0.1, 0.15) is 0 Å². The highest BCUT2D eigenvalue weighted by Gasteiger charge is 2.37. The number of carbonyl (C=O) groups is 1. The van der Waals surface area contributed by atoms with Gasteiger partial charge in [-0.1, -0.05) is 29.5 Å². The molecule has 1 aromatic carbocycles. The van der Waals surface area contributed by atoms with E-state index in [9.17, 15) is 4.79 Å². The number of alkyl halides is 1. The van der Waals surface area contributed by atoms with Gasteiger partial charge in [0, 0.05) is 48.7 Å². The second-order valence-electron chi connectivity index (χ2n) is 6.13. The summed E-state index contributed by atoms with van der Waals surface area (Å²) < 4.78 is 0. The van der Waals surface area contributed by atoms with Crippen LogP contribution in [0.5, 0.6) is 0 Å². The number of benzene rings is 1. The number of rotatable bonds is 2. The molecule has 2 aliphatic rings. The second kappa shape index (κ2) is 8.11. The molecule has 2 fully saturated rings. The maximum atomic E-state index is 12.1. The number of amides is 2. The van der Waals surface area contributed by atoms with Crippen molar-refractivity contribution in [3.05, 3.63) is 34.9 Å². The predicted molar refractivity (Wildman–Crippen MR) is 97.5 cm³/mol. The molecule has 1 N–H and O–H groups in total. The molecule has 24 heavy (non-hydrogen) atoms. The van der Waals surface area contributed by atoms with E-state index < -0.39 is 0 Å². The van der Waals surface area contributed by atoms with Crippen LogP contribution in [0.3, 0.4) is 0 Å². The standard InChI is InChI=1S/C18H21Cl2N3O/c19-8-9-21-18(24)22-10-11-23-16(6-7-17(23)13-22)5-4-14-2-1-3-15(20)12-14/h1-3,12,16-17H,6-11,13H2,(H,21,24)/t16-,17?/m1/s1. The summed E-state index contributed by atoms with van der Waals surface area (Å²) in [5.41, 5.74) is 0.949. The predicted octanol–water partition coefficient (Wildman–Crippen LogP) is 2.79. The van der Waals surface area contributed by atoms with Crippen LogP contribution in [0.15, 0.2) is 24.3 Å². The fraction of sp³-hybridized carbons (Fsp3) is 0.500. The first-order chi connectivity index (χ1) is 11.7. The zero-order valence-electron chi connectivity index (χ0n) is 13.5. The largest absolute Gasteiger partial charge is 0.337 e. The van der Waals surface area contributed by atoms with E-state index in [4.69, 9.17) is 23.2 Å². The molecule has 2 heterocycles. The van der Waals surface area contributed by atoms with Gasteiger partial charge in [0.2, 0.25) is 0 Å². The zero-order chi connectivity index (χ0) is 16.9. The van der Waals surface area contributed by atoms with Gasteiger partial charge in [-0.2, -0.15) is 0 Å². The Labute approximate surface area is 153 Å². The fourth-order valence-corrected chi connectivity index (χ4v) is 3.68. The van der Waals surface area contributed by atoms with Gasteiger partial charge in [0.05, 0.1) is 6.04 Å². The minimum Gasteiger partial charge on any atom is -0.337 e. The maximum Gasteiger partial charge on any atom is 0.317 e. The Morgan fingerprint density at radius 3 is 3.00 bits per heavy atom. The first-order valence-corrected chi connectivity index (χ1v) is 9.20. The quantitative estimate of drug-likeness (QED) is 0.646. The van der Waals surface area contributed by atoms with Gasteiger partial charge in [0.15, 0.2) is 0 Å². The average molecular weight is 366 g/mol. The van der Waals surface area contributed by atoms with Crippen molar-refractivity contribution in [1.82, 2.24) is 15.1 Å². The van der Waals surface area contributed by atoms with Crippen LogP contribution in [0.4, 0.5) is 4.79 Å². The molecular formula is C18H21Cl2N3O. The van der Waals surface area contributed by atoms with E-state index in [0.29, 0.717) is 23.5 Å². The van der Waals surface area contributed by atoms with E-state index in [-0.39, 0.29) is 12.1 Å². The number of nitrogens with zero attached hydrogens (tertiary/aromatic N) is 2. The Balaban J connectivity index is 1.59. The first kappa shape index (κ1) is 17.4. The lowest BCUT2D eigenvalue weighted by molar-refractivity contribution is 0.106. The monoisotopic (exact) mass is 365 g/mol. The number of fused-ring (bicyclic) bond motifs is 1. The molecule has 3 rings (SSSR count). The molecule has 128 valence electrons. The minimum atomic E-state index is -0.0104. The summed E-state index contributed by atoms with van der Waals surface area (Å²) in [5.74, 6) is 7.06. The number of urea groups is 1. The molecule has 1 aromatic rings. The Morgan fingerprint density at radius 2 is 2.21 bits per heavy atom. The normalized spacial score (nSPS) is 23.3. The maximum absolute atomic E-state index is 12.1. The molecule has 0 bridgehead atoms. The molecule has 2 atom stereocenters. The van der Waals surface area contributed by atoms with E-state index in [1.807, 2.05) is 29.2 Å². The van der Waals surface area contributed by atoms with Gasteiger partial charge >= 0.3 is 6.03 Å². The van der Waals surface area contributed by atoms with E-state index in [1.54, 1.807) is 0 Å². The lowest BCUT2D eigenvalue weighted by atomic mass is 10.1. The Bertz CT molecular complexity index is 655. The third-order valence-electron chi connectivity index (χ3n) is 4.57. The summed E-state index contributed by atoms with van der Waals surface area (Å²) in [6.07, 6.45) is 2.13. The molecule has 4 nitrogen and oxygen atoms in total. The van der Waals surface area contributed by atoms with Crippen molar-refractivity contribution >= 4 is 29.2 Å². The van der Waals surface area contributed by atoms with Gasteiger partial charge in [-0.05, 0) is 31.0 Å². The van der Waals surface area contributed by atoms with Crippen molar-refractivity contribution in [3.63, 3.8) is 0 Å². The third-order valence-corrected chi connectivity index (χ3v) is 4.99. The SMILES string of the molecule is O=C(NCCCl)N1CCN2C(CC[C@H]2C#Cc2cccc(Cl)c2)C1. The highest BCUT2D eigenvalue weighted by atomic mass is 35.5. The average Bonchev–Trinajstić information content (AvgIpc) is 3.00. The van der Waals surface area contributed by atoms with Crippen molar-refractivity contribution in [1.29, 1.82) is 0 Å². The molecule has 0 aromatic heterocycles. The van der Waals surface area contributed by atoms with Crippen molar-refractivity contribution in [2.75, 3.05) is 32.1 Å². The van der Waals surface area contributed by atoms with Crippen LogP contribution in [-0.4, -0.2) is 60.0 Å². The van der Waals surface area contributed by atoms with E-state index in [1.165, 1.54) is 0 Å². The molecule has 2 amide bonds. The van der Waals surface area contributed by atoms with Gasteiger partial charge in [0.25, 0.3) is 0 Å². The van der Waals surface area contributed by atoms with Crippen molar-refractivity contribution in [2.45, 2.75) is 24.9 Å². The van der Waals surface area contributed by atoms with Gasteiger partial charge in [-0.3, -0.25) is 4.90 Å². The lowest BCUT2D eigenvalue weighted by Gasteiger charge is -2.38. The molecule has 2 aliphatic heterocycles. The van der Waals surface area contributed by atoms with Crippen molar-refractivity contribution in [3.8, 4) is 11.8 Å². The highest BCUT2D eigenvalue weighted by molar-refractivity contribution is 6.30. The van der Waals surface area contributed by atoms with Crippen LogP contribution in [0, 0.1) is 11.8 Å². The number of carbonyl (C=O) groups excluding carboxylic acids is 1. The van der Waals surface area contributed by atoms with Crippen LogP contribution in [0.2, 0.25) is 5.02 Å². The Hall–Kier alpha value is -1.41. The molecule has 6 heteroatoms. The number of halogens is 2. The smallest absolute Gasteiger partial charge is 0.317 e. The zero-order valence-corrected chi connectivity index (χ0v) is 15.0. The van der Waals surface area contributed by atoms with Crippen LogP contribution in [0.25, 0.3) is 0 Å². The number of piperazine rings is 1. The van der Waals surface area contributed by atoms with Gasteiger partial charge < -0.3 is 10.2 Å². The Morgan fingerprint density at radius 1 is 1.33 bits per heavy atom. The van der Waals surface area contributed by atoms with Crippen LogP contribution >= 0.6 is 23.2 Å². The molecule has 0 aliphatic carbocycles. The van der Waals surface area contributed by atoms with E-state index in [0.717, 1.165) is 38.0 Å².